The molecule has 0 aromatic carbocycles. The number of nitriles is 1. The molecule has 4 fully saturated rings. The zero-order chi connectivity index (χ0) is 12.8. The molecule has 4 aliphatic rings. The molecule has 4 nitrogen and oxygen atoms in total. The molecule has 4 heteroatoms. The van der Waals surface area contributed by atoms with E-state index in [0.717, 1.165) is 19.4 Å². The first kappa shape index (κ1) is 12.0. The number of nitrogens with zero attached hydrogens (tertiary/aromatic N) is 2. The average molecular weight is 247 g/mol. The molecule has 0 radical (unpaired) electrons. The van der Waals surface area contributed by atoms with Gasteiger partial charge in [0.1, 0.15) is 5.41 Å². The number of carbonyl (C=O) groups is 1. The fourth-order valence-corrected chi connectivity index (χ4v) is 3.89. The minimum Gasteiger partial charge on any atom is -0.350 e. The van der Waals surface area contributed by atoms with E-state index < -0.39 is 5.41 Å². The number of piperidine rings is 3. The molecule has 3 saturated heterocycles. The van der Waals surface area contributed by atoms with Crippen molar-refractivity contribution in [2.45, 2.75) is 38.6 Å². The van der Waals surface area contributed by atoms with E-state index in [2.05, 4.69) is 23.2 Å². The van der Waals surface area contributed by atoms with E-state index >= 15 is 0 Å². The van der Waals surface area contributed by atoms with E-state index in [0.29, 0.717) is 11.8 Å². The molecular weight excluding hydrogens is 226 g/mol. The van der Waals surface area contributed by atoms with Crippen LogP contribution < -0.4 is 5.32 Å². The fourth-order valence-electron chi connectivity index (χ4n) is 3.89. The van der Waals surface area contributed by atoms with E-state index in [1.807, 2.05) is 0 Å². The fraction of sp³-hybridized carbons (Fsp3) is 0.857. The highest BCUT2D eigenvalue weighted by Crippen LogP contribution is 2.45. The third kappa shape index (κ3) is 1.81. The predicted octanol–water partition coefficient (Wildman–Crippen LogP) is 1.14. The lowest BCUT2D eigenvalue weighted by Crippen LogP contribution is -2.60. The number of fused-ring (bicyclic) bond motifs is 3. The number of nitrogens with one attached hydrogen (secondary N) is 1. The summed E-state index contributed by atoms with van der Waals surface area (Å²) in [6.07, 6.45) is 3.86. The van der Waals surface area contributed by atoms with Crippen molar-refractivity contribution in [3.63, 3.8) is 0 Å². The molecule has 1 unspecified atom stereocenters. The highest BCUT2D eigenvalue weighted by atomic mass is 16.2. The lowest BCUT2D eigenvalue weighted by atomic mass is 9.63. The summed E-state index contributed by atoms with van der Waals surface area (Å²) in [6, 6.07) is 2.53. The van der Waals surface area contributed by atoms with Gasteiger partial charge in [0.05, 0.1) is 6.07 Å². The van der Waals surface area contributed by atoms with Crippen LogP contribution in [-0.4, -0.2) is 36.5 Å². The summed E-state index contributed by atoms with van der Waals surface area (Å²) in [4.78, 5) is 14.7. The summed E-state index contributed by atoms with van der Waals surface area (Å²) in [7, 11) is 0. The second-order valence-corrected chi connectivity index (χ2v) is 6.43. The highest BCUT2D eigenvalue weighted by Gasteiger charge is 2.50. The highest BCUT2D eigenvalue weighted by molar-refractivity contribution is 5.86. The minimum atomic E-state index is -0.717. The Kier molecular flexibility index (Phi) is 2.82. The molecule has 0 aromatic rings. The first-order valence-electron chi connectivity index (χ1n) is 7.07. The molecule has 1 aliphatic carbocycles. The Morgan fingerprint density at radius 3 is 2.50 bits per heavy atom. The average Bonchev–Trinajstić information content (AvgIpc) is 2.36. The van der Waals surface area contributed by atoms with Crippen molar-refractivity contribution in [3.8, 4) is 6.07 Å². The monoisotopic (exact) mass is 247 g/mol. The van der Waals surface area contributed by atoms with Gasteiger partial charge in [0, 0.05) is 12.6 Å². The molecular formula is C14H21N3O. The van der Waals surface area contributed by atoms with Crippen molar-refractivity contribution in [2.24, 2.45) is 17.3 Å². The summed E-state index contributed by atoms with van der Waals surface area (Å²) >= 11 is 0. The van der Waals surface area contributed by atoms with Crippen LogP contribution in [0.2, 0.25) is 0 Å². The van der Waals surface area contributed by atoms with Crippen LogP contribution >= 0.6 is 0 Å². The number of rotatable bonds is 2. The first-order valence-corrected chi connectivity index (χ1v) is 7.07. The maximum atomic E-state index is 12.3. The molecule has 3 heterocycles. The van der Waals surface area contributed by atoms with Crippen molar-refractivity contribution in [3.05, 3.63) is 0 Å². The largest absolute Gasteiger partial charge is 0.350 e. The van der Waals surface area contributed by atoms with Gasteiger partial charge in [-0.05, 0) is 50.6 Å². The topological polar surface area (TPSA) is 56.1 Å². The lowest BCUT2D eigenvalue weighted by Gasteiger charge is -2.47. The number of carbonyl (C=O) groups excluding carboxylic acids is 1. The molecule has 98 valence electrons. The molecule has 4 rings (SSSR count). The van der Waals surface area contributed by atoms with Crippen molar-refractivity contribution in [2.75, 3.05) is 19.6 Å². The van der Waals surface area contributed by atoms with Gasteiger partial charge in [-0.15, -0.1) is 0 Å². The van der Waals surface area contributed by atoms with E-state index in [1.165, 1.54) is 25.9 Å². The van der Waals surface area contributed by atoms with Crippen molar-refractivity contribution < 1.29 is 4.79 Å². The van der Waals surface area contributed by atoms with Gasteiger partial charge in [0.25, 0.3) is 0 Å². The second kappa shape index (κ2) is 4.24. The van der Waals surface area contributed by atoms with Gasteiger partial charge in [-0.3, -0.25) is 4.79 Å². The van der Waals surface area contributed by atoms with Crippen LogP contribution in [0.1, 0.15) is 32.6 Å². The summed E-state index contributed by atoms with van der Waals surface area (Å²) < 4.78 is 0. The third-order valence-electron chi connectivity index (χ3n) is 5.02. The SMILES string of the molecule is CC1CC(C#N)(C(=O)NC2CN3CCC2CC3)C1. The zero-order valence-electron chi connectivity index (χ0n) is 11.0. The van der Waals surface area contributed by atoms with E-state index in [-0.39, 0.29) is 11.9 Å². The van der Waals surface area contributed by atoms with Crippen LogP contribution in [0.25, 0.3) is 0 Å². The van der Waals surface area contributed by atoms with Crippen LogP contribution in [-0.2, 0) is 4.79 Å². The van der Waals surface area contributed by atoms with Gasteiger partial charge in [0.15, 0.2) is 0 Å². The van der Waals surface area contributed by atoms with Crippen molar-refractivity contribution >= 4 is 5.91 Å². The Labute approximate surface area is 108 Å². The Morgan fingerprint density at radius 1 is 1.39 bits per heavy atom. The smallest absolute Gasteiger partial charge is 0.240 e. The quantitative estimate of drug-likeness (QED) is 0.796. The van der Waals surface area contributed by atoms with Crippen molar-refractivity contribution in [1.82, 2.24) is 10.2 Å². The van der Waals surface area contributed by atoms with E-state index in [4.69, 9.17) is 0 Å². The van der Waals surface area contributed by atoms with Crippen LogP contribution in [0, 0.1) is 28.6 Å². The summed E-state index contributed by atoms with van der Waals surface area (Å²) in [5.74, 6) is 1.14. The normalized spacial score (nSPS) is 46.0. The predicted molar refractivity (Wildman–Crippen MR) is 67.5 cm³/mol. The van der Waals surface area contributed by atoms with Gasteiger partial charge in [-0.25, -0.2) is 0 Å². The zero-order valence-corrected chi connectivity index (χ0v) is 11.0. The molecule has 3 aliphatic heterocycles. The molecule has 1 atom stereocenters. The molecule has 0 spiro atoms. The molecule has 0 aromatic heterocycles. The lowest BCUT2D eigenvalue weighted by molar-refractivity contribution is -0.136. The first-order chi connectivity index (χ1) is 8.63. The van der Waals surface area contributed by atoms with Crippen LogP contribution in [0.5, 0.6) is 0 Å². The van der Waals surface area contributed by atoms with Crippen molar-refractivity contribution in [1.29, 1.82) is 5.26 Å². The standard InChI is InChI=1S/C14H21N3O/c1-10-6-14(7-10,9-15)13(18)16-12-8-17-4-2-11(12)3-5-17/h10-12H,2-8H2,1H3,(H,16,18). The molecule has 1 N–H and O–H groups in total. The second-order valence-electron chi connectivity index (χ2n) is 6.43. The molecule has 2 bridgehead atoms. The number of amides is 1. The molecule has 1 saturated carbocycles. The van der Waals surface area contributed by atoms with Gasteiger partial charge < -0.3 is 10.2 Å². The minimum absolute atomic E-state index is 0.0122. The Hall–Kier alpha value is -1.08. The Balaban J connectivity index is 1.63. The summed E-state index contributed by atoms with van der Waals surface area (Å²) in [6.45, 7) is 5.44. The van der Waals surface area contributed by atoms with Gasteiger partial charge in [-0.2, -0.15) is 5.26 Å². The Morgan fingerprint density at radius 2 is 2.06 bits per heavy atom. The van der Waals surface area contributed by atoms with E-state index in [1.54, 1.807) is 0 Å². The van der Waals surface area contributed by atoms with Gasteiger partial charge in [0.2, 0.25) is 5.91 Å². The third-order valence-corrected chi connectivity index (χ3v) is 5.02. The number of hydrogen-bond donors (Lipinski definition) is 1. The van der Waals surface area contributed by atoms with Crippen LogP contribution in [0.15, 0.2) is 0 Å². The maximum absolute atomic E-state index is 12.3. The Bertz CT molecular complexity index is 386. The van der Waals surface area contributed by atoms with Crippen LogP contribution in [0.4, 0.5) is 0 Å². The van der Waals surface area contributed by atoms with Gasteiger partial charge >= 0.3 is 0 Å². The maximum Gasteiger partial charge on any atom is 0.240 e. The van der Waals surface area contributed by atoms with Gasteiger partial charge in [-0.1, -0.05) is 6.92 Å². The summed E-state index contributed by atoms with van der Waals surface area (Å²) in [5, 5.41) is 12.4. The number of hydrogen-bond acceptors (Lipinski definition) is 3. The molecule has 18 heavy (non-hydrogen) atoms. The van der Waals surface area contributed by atoms with E-state index in [9.17, 15) is 10.1 Å². The summed E-state index contributed by atoms with van der Waals surface area (Å²) in [5.41, 5.74) is -0.717. The van der Waals surface area contributed by atoms with Crippen LogP contribution in [0.3, 0.4) is 0 Å². The molecule has 1 amide bonds.